The van der Waals surface area contributed by atoms with Gasteiger partial charge in [0.25, 0.3) is 0 Å². The number of ether oxygens (including phenoxy) is 1. The lowest BCUT2D eigenvalue weighted by atomic mass is 10.2. The predicted octanol–water partition coefficient (Wildman–Crippen LogP) is 1.53. The van der Waals surface area contributed by atoms with Crippen molar-refractivity contribution >= 4 is 5.91 Å². The third-order valence-electron chi connectivity index (χ3n) is 3.18. The topological polar surface area (TPSA) is 55.6 Å². The molecule has 1 fully saturated rings. The van der Waals surface area contributed by atoms with Crippen molar-refractivity contribution < 1.29 is 9.53 Å². The molecule has 0 spiro atoms. The maximum absolute atomic E-state index is 11.9. The Balaban J connectivity index is 2.28. The SMILES string of the molecule is CCCO[C@@H]1CCCN(C(=O)CCCN)CC1. The Hall–Kier alpha value is -0.610. The van der Waals surface area contributed by atoms with Crippen molar-refractivity contribution in [3.8, 4) is 0 Å². The molecule has 100 valence electrons. The average molecular weight is 242 g/mol. The Labute approximate surface area is 104 Å². The smallest absolute Gasteiger partial charge is 0.222 e. The van der Waals surface area contributed by atoms with Gasteiger partial charge in [0, 0.05) is 26.1 Å². The van der Waals surface area contributed by atoms with Gasteiger partial charge in [0.15, 0.2) is 0 Å². The fraction of sp³-hybridized carbons (Fsp3) is 0.923. The Kier molecular flexibility index (Phi) is 7.21. The highest BCUT2D eigenvalue weighted by atomic mass is 16.5. The summed E-state index contributed by atoms with van der Waals surface area (Å²) in [6.45, 7) is 5.29. The van der Waals surface area contributed by atoms with E-state index in [1.807, 2.05) is 4.90 Å². The molecule has 0 aliphatic carbocycles. The minimum Gasteiger partial charge on any atom is -0.378 e. The van der Waals surface area contributed by atoms with Gasteiger partial charge in [-0.1, -0.05) is 6.92 Å². The van der Waals surface area contributed by atoms with Gasteiger partial charge >= 0.3 is 0 Å². The first-order valence-corrected chi connectivity index (χ1v) is 6.87. The molecule has 17 heavy (non-hydrogen) atoms. The van der Waals surface area contributed by atoms with Gasteiger partial charge in [-0.3, -0.25) is 4.79 Å². The van der Waals surface area contributed by atoms with Crippen molar-refractivity contribution in [3.05, 3.63) is 0 Å². The number of amides is 1. The number of nitrogens with two attached hydrogens (primary N) is 1. The van der Waals surface area contributed by atoms with Gasteiger partial charge < -0.3 is 15.4 Å². The Morgan fingerprint density at radius 3 is 2.94 bits per heavy atom. The number of hydrogen-bond acceptors (Lipinski definition) is 3. The average Bonchev–Trinajstić information content (AvgIpc) is 2.59. The molecule has 4 nitrogen and oxygen atoms in total. The van der Waals surface area contributed by atoms with E-state index < -0.39 is 0 Å². The van der Waals surface area contributed by atoms with Crippen molar-refractivity contribution in [2.24, 2.45) is 5.73 Å². The van der Waals surface area contributed by atoms with Gasteiger partial charge in [-0.2, -0.15) is 0 Å². The number of carbonyl (C=O) groups is 1. The summed E-state index contributed by atoms with van der Waals surface area (Å²) in [7, 11) is 0. The first-order valence-electron chi connectivity index (χ1n) is 6.87. The van der Waals surface area contributed by atoms with E-state index in [1.165, 1.54) is 0 Å². The second-order valence-electron chi connectivity index (χ2n) is 4.70. The van der Waals surface area contributed by atoms with Gasteiger partial charge in [0.2, 0.25) is 5.91 Å². The minimum absolute atomic E-state index is 0.256. The molecule has 1 heterocycles. The maximum Gasteiger partial charge on any atom is 0.222 e. The van der Waals surface area contributed by atoms with Crippen molar-refractivity contribution in [1.82, 2.24) is 4.90 Å². The van der Waals surface area contributed by atoms with Crippen LogP contribution in [0.4, 0.5) is 0 Å². The van der Waals surface area contributed by atoms with Crippen LogP contribution >= 0.6 is 0 Å². The van der Waals surface area contributed by atoms with Crippen LogP contribution in [-0.2, 0) is 9.53 Å². The van der Waals surface area contributed by atoms with E-state index >= 15 is 0 Å². The maximum atomic E-state index is 11.9. The lowest BCUT2D eigenvalue weighted by molar-refractivity contribution is -0.131. The molecule has 0 unspecified atom stereocenters. The third-order valence-corrected chi connectivity index (χ3v) is 3.18. The van der Waals surface area contributed by atoms with E-state index in [1.54, 1.807) is 0 Å². The monoisotopic (exact) mass is 242 g/mol. The Bertz CT molecular complexity index is 221. The number of likely N-dealkylation sites (tertiary alicyclic amines) is 1. The number of carbonyl (C=O) groups excluding carboxylic acids is 1. The molecule has 1 rings (SSSR count). The van der Waals surface area contributed by atoms with Gasteiger partial charge in [-0.25, -0.2) is 0 Å². The summed E-state index contributed by atoms with van der Waals surface area (Å²) in [5.74, 6) is 0.256. The molecule has 1 aliphatic heterocycles. The molecule has 0 aromatic carbocycles. The highest BCUT2D eigenvalue weighted by Gasteiger charge is 2.20. The van der Waals surface area contributed by atoms with E-state index in [4.69, 9.17) is 10.5 Å². The zero-order valence-electron chi connectivity index (χ0n) is 11.0. The van der Waals surface area contributed by atoms with Crippen molar-refractivity contribution in [3.63, 3.8) is 0 Å². The first kappa shape index (κ1) is 14.5. The molecular weight excluding hydrogens is 216 g/mol. The van der Waals surface area contributed by atoms with Crippen LogP contribution in [0, 0.1) is 0 Å². The fourth-order valence-corrected chi connectivity index (χ4v) is 2.18. The van der Waals surface area contributed by atoms with E-state index in [0.717, 1.165) is 51.8 Å². The molecule has 0 aromatic heterocycles. The number of nitrogens with zero attached hydrogens (tertiary/aromatic N) is 1. The van der Waals surface area contributed by atoms with Crippen LogP contribution in [-0.4, -0.2) is 43.2 Å². The summed E-state index contributed by atoms with van der Waals surface area (Å²) in [4.78, 5) is 13.8. The molecule has 0 bridgehead atoms. The summed E-state index contributed by atoms with van der Waals surface area (Å²) in [6, 6.07) is 0. The van der Waals surface area contributed by atoms with Gasteiger partial charge in [-0.15, -0.1) is 0 Å². The first-order chi connectivity index (χ1) is 8.27. The Morgan fingerprint density at radius 1 is 1.41 bits per heavy atom. The molecule has 2 N–H and O–H groups in total. The standard InChI is InChI=1S/C13H26N2O2/c1-2-11-17-12-5-4-9-15(10-7-12)13(16)6-3-8-14/h12H,2-11,14H2,1H3/t12-/m1/s1. The van der Waals surface area contributed by atoms with Crippen LogP contribution in [0.3, 0.4) is 0 Å². The lowest BCUT2D eigenvalue weighted by Gasteiger charge is -2.20. The molecule has 1 atom stereocenters. The molecular formula is C13H26N2O2. The van der Waals surface area contributed by atoms with Crippen LogP contribution in [0.15, 0.2) is 0 Å². The van der Waals surface area contributed by atoms with Gasteiger partial charge in [-0.05, 0) is 38.6 Å². The van der Waals surface area contributed by atoms with Crippen LogP contribution in [0.25, 0.3) is 0 Å². The number of rotatable bonds is 6. The summed E-state index contributed by atoms with van der Waals surface area (Å²) in [5, 5.41) is 0. The van der Waals surface area contributed by atoms with Gasteiger partial charge in [0.05, 0.1) is 6.10 Å². The van der Waals surface area contributed by atoms with Crippen LogP contribution < -0.4 is 5.73 Å². The summed E-state index contributed by atoms with van der Waals surface area (Å²) >= 11 is 0. The zero-order chi connectivity index (χ0) is 12.5. The van der Waals surface area contributed by atoms with Crippen LogP contribution in [0.5, 0.6) is 0 Å². The zero-order valence-corrected chi connectivity index (χ0v) is 11.0. The van der Waals surface area contributed by atoms with E-state index in [-0.39, 0.29) is 5.91 Å². The van der Waals surface area contributed by atoms with E-state index in [9.17, 15) is 4.79 Å². The van der Waals surface area contributed by atoms with E-state index in [2.05, 4.69) is 6.92 Å². The molecule has 1 aliphatic rings. The largest absolute Gasteiger partial charge is 0.378 e. The molecule has 0 saturated carbocycles. The van der Waals surface area contributed by atoms with Crippen LogP contribution in [0.1, 0.15) is 45.4 Å². The lowest BCUT2D eigenvalue weighted by Crippen LogP contribution is -2.32. The molecule has 4 heteroatoms. The third kappa shape index (κ3) is 5.50. The van der Waals surface area contributed by atoms with Gasteiger partial charge in [0.1, 0.15) is 0 Å². The summed E-state index contributed by atoms with van der Waals surface area (Å²) in [6.07, 6.45) is 5.93. The summed E-state index contributed by atoms with van der Waals surface area (Å²) < 4.78 is 5.76. The number of hydrogen-bond donors (Lipinski definition) is 1. The van der Waals surface area contributed by atoms with Crippen molar-refractivity contribution in [1.29, 1.82) is 0 Å². The highest BCUT2D eigenvalue weighted by Crippen LogP contribution is 2.15. The molecule has 1 amide bonds. The molecule has 0 radical (unpaired) electrons. The molecule has 0 aromatic rings. The quantitative estimate of drug-likeness (QED) is 0.768. The Morgan fingerprint density at radius 2 is 2.24 bits per heavy atom. The van der Waals surface area contributed by atoms with Crippen molar-refractivity contribution in [2.45, 2.75) is 51.6 Å². The summed E-state index contributed by atoms with van der Waals surface area (Å²) in [5.41, 5.74) is 5.42. The predicted molar refractivity (Wildman–Crippen MR) is 68.8 cm³/mol. The minimum atomic E-state index is 0.256. The highest BCUT2D eigenvalue weighted by molar-refractivity contribution is 5.76. The van der Waals surface area contributed by atoms with E-state index in [0.29, 0.717) is 19.1 Å². The van der Waals surface area contributed by atoms with Crippen molar-refractivity contribution in [2.75, 3.05) is 26.2 Å². The molecule has 1 saturated heterocycles. The fourth-order valence-electron chi connectivity index (χ4n) is 2.18. The second kappa shape index (κ2) is 8.48. The second-order valence-corrected chi connectivity index (χ2v) is 4.70. The normalized spacial score (nSPS) is 21.3. The van der Waals surface area contributed by atoms with Crippen LogP contribution in [0.2, 0.25) is 0 Å².